The Hall–Kier alpha value is -1.46. The molecule has 2 rings (SSSR count). The maximum atomic E-state index is 10.5. The third-order valence-corrected chi connectivity index (χ3v) is 3.08. The zero-order valence-corrected chi connectivity index (χ0v) is 9.80. The van der Waals surface area contributed by atoms with E-state index in [1.807, 2.05) is 6.92 Å². The first kappa shape index (κ1) is 12.0. The molecule has 1 aromatic carbocycles. The number of benzene rings is 1. The molecule has 5 nitrogen and oxygen atoms in total. The molecule has 1 fully saturated rings. The van der Waals surface area contributed by atoms with E-state index in [0.29, 0.717) is 6.54 Å². The predicted octanol–water partition coefficient (Wildman–Crippen LogP) is 1.55. The van der Waals surface area contributed by atoms with Gasteiger partial charge in [-0.25, -0.2) is 0 Å². The summed E-state index contributed by atoms with van der Waals surface area (Å²) in [5, 5.41) is 20.3. The van der Waals surface area contributed by atoms with Crippen molar-refractivity contribution in [1.82, 2.24) is 4.90 Å². The van der Waals surface area contributed by atoms with Crippen molar-refractivity contribution in [3.63, 3.8) is 0 Å². The minimum atomic E-state index is -0.596. The molecule has 1 atom stereocenters. The number of nitro benzene ring substituents is 1. The minimum absolute atomic E-state index is 0.113. The standard InChI is InChI=1S/C12H16N2O3/c1-12(15)6-7-13(9-12)8-10-2-4-11(5-3-10)14(16)17/h2-5,15H,6-9H2,1H3. The monoisotopic (exact) mass is 236 g/mol. The summed E-state index contributed by atoms with van der Waals surface area (Å²) in [5.74, 6) is 0. The van der Waals surface area contributed by atoms with Crippen LogP contribution >= 0.6 is 0 Å². The van der Waals surface area contributed by atoms with E-state index in [2.05, 4.69) is 4.90 Å². The average molecular weight is 236 g/mol. The smallest absolute Gasteiger partial charge is 0.269 e. The average Bonchev–Trinajstić information content (AvgIpc) is 2.59. The fourth-order valence-corrected chi connectivity index (χ4v) is 2.16. The molecule has 1 unspecified atom stereocenters. The van der Waals surface area contributed by atoms with E-state index in [-0.39, 0.29) is 5.69 Å². The number of nitrogens with zero attached hydrogens (tertiary/aromatic N) is 2. The molecule has 0 aromatic heterocycles. The predicted molar refractivity (Wildman–Crippen MR) is 63.6 cm³/mol. The molecule has 1 saturated heterocycles. The Morgan fingerprint density at radius 2 is 2.12 bits per heavy atom. The third kappa shape index (κ3) is 3.01. The largest absolute Gasteiger partial charge is 0.389 e. The van der Waals surface area contributed by atoms with Gasteiger partial charge in [-0.2, -0.15) is 0 Å². The Morgan fingerprint density at radius 1 is 1.47 bits per heavy atom. The second-order valence-electron chi connectivity index (χ2n) is 4.88. The van der Waals surface area contributed by atoms with Crippen molar-refractivity contribution in [2.75, 3.05) is 13.1 Å². The van der Waals surface area contributed by atoms with E-state index in [0.717, 1.165) is 25.1 Å². The molecule has 0 saturated carbocycles. The van der Waals surface area contributed by atoms with Crippen LogP contribution in [0.5, 0.6) is 0 Å². The fraction of sp³-hybridized carbons (Fsp3) is 0.500. The van der Waals surface area contributed by atoms with Crippen LogP contribution in [0.1, 0.15) is 18.9 Å². The molecule has 1 N–H and O–H groups in total. The summed E-state index contributed by atoms with van der Waals surface area (Å²) in [5.41, 5.74) is 0.552. The van der Waals surface area contributed by atoms with Gasteiger partial charge >= 0.3 is 0 Å². The van der Waals surface area contributed by atoms with Crippen LogP contribution in [0.3, 0.4) is 0 Å². The number of likely N-dealkylation sites (tertiary alicyclic amines) is 1. The lowest BCUT2D eigenvalue weighted by Crippen LogP contribution is -2.29. The number of nitro groups is 1. The normalized spacial score (nSPS) is 25.1. The van der Waals surface area contributed by atoms with Crippen LogP contribution in [0.4, 0.5) is 5.69 Å². The van der Waals surface area contributed by atoms with Crippen LogP contribution in [-0.4, -0.2) is 33.6 Å². The van der Waals surface area contributed by atoms with Gasteiger partial charge in [0.15, 0.2) is 0 Å². The molecule has 5 heteroatoms. The Labute approximate surface area is 99.8 Å². The van der Waals surface area contributed by atoms with Crippen LogP contribution in [0, 0.1) is 10.1 Å². The van der Waals surface area contributed by atoms with Crippen molar-refractivity contribution >= 4 is 5.69 Å². The fourth-order valence-electron chi connectivity index (χ4n) is 2.16. The van der Waals surface area contributed by atoms with Crippen molar-refractivity contribution in [2.24, 2.45) is 0 Å². The van der Waals surface area contributed by atoms with E-state index in [9.17, 15) is 15.2 Å². The SMILES string of the molecule is CC1(O)CCN(Cc2ccc([N+](=O)[O-])cc2)C1. The lowest BCUT2D eigenvalue weighted by molar-refractivity contribution is -0.384. The Balaban J connectivity index is 1.98. The van der Waals surface area contributed by atoms with E-state index in [1.165, 1.54) is 12.1 Å². The number of hydrogen-bond acceptors (Lipinski definition) is 4. The molecule has 17 heavy (non-hydrogen) atoms. The van der Waals surface area contributed by atoms with Gasteiger partial charge in [0, 0.05) is 31.8 Å². The van der Waals surface area contributed by atoms with Crippen LogP contribution in [0.2, 0.25) is 0 Å². The molecular weight excluding hydrogens is 220 g/mol. The molecular formula is C12H16N2O3. The first-order valence-corrected chi connectivity index (χ1v) is 5.64. The molecule has 0 amide bonds. The number of β-amino-alcohol motifs (C(OH)–C–C–N with tert-alkyl or cyclic N) is 1. The zero-order chi connectivity index (χ0) is 12.5. The first-order valence-electron chi connectivity index (χ1n) is 5.64. The number of rotatable bonds is 3. The number of non-ortho nitro benzene ring substituents is 1. The van der Waals surface area contributed by atoms with Gasteiger partial charge in [0.25, 0.3) is 5.69 Å². The van der Waals surface area contributed by atoms with Crippen molar-refractivity contribution in [3.05, 3.63) is 39.9 Å². The quantitative estimate of drug-likeness (QED) is 0.638. The van der Waals surface area contributed by atoms with Crippen molar-refractivity contribution < 1.29 is 10.0 Å². The van der Waals surface area contributed by atoms with Gasteiger partial charge < -0.3 is 5.11 Å². The summed E-state index contributed by atoms with van der Waals surface area (Å²) >= 11 is 0. The topological polar surface area (TPSA) is 66.6 Å². The second kappa shape index (κ2) is 4.43. The van der Waals surface area contributed by atoms with Gasteiger partial charge in [-0.3, -0.25) is 15.0 Å². The van der Waals surface area contributed by atoms with E-state index >= 15 is 0 Å². The Kier molecular flexibility index (Phi) is 3.13. The van der Waals surface area contributed by atoms with Crippen molar-refractivity contribution in [3.8, 4) is 0 Å². The van der Waals surface area contributed by atoms with Crippen LogP contribution in [-0.2, 0) is 6.54 Å². The number of hydrogen-bond donors (Lipinski definition) is 1. The lowest BCUT2D eigenvalue weighted by Gasteiger charge is -2.18. The molecule has 1 heterocycles. The van der Waals surface area contributed by atoms with Crippen molar-refractivity contribution in [1.29, 1.82) is 0 Å². The van der Waals surface area contributed by atoms with Gasteiger partial charge in [-0.15, -0.1) is 0 Å². The Morgan fingerprint density at radius 3 is 2.59 bits per heavy atom. The minimum Gasteiger partial charge on any atom is -0.389 e. The maximum absolute atomic E-state index is 10.5. The third-order valence-electron chi connectivity index (χ3n) is 3.08. The second-order valence-corrected chi connectivity index (χ2v) is 4.88. The van der Waals surface area contributed by atoms with Gasteiger partial charge in [-0.1, -0.05) is 12.1 Å². The highest BCUT2D eigenvalue weighted by molar-refractivity contribution is 5.32. The molecule has 1 aliphatic heterocycles. The molecule has 92 valence electrons. The van der Waals surface area contributed by atoms with E-state index < -0.39 is 10.5 Å². The van der Waals surface area contributed by atoms with E-state index in [1.54, 1.807) is 12.1 Å². The first-order chi connectivity index (χ1) is 7.96. The summed E-state index contributed by atoms with van der Waals surface area (Å²) in [7, 11) is 0. The van der Waals surface area contributed by atoms with Gasteiger partial charge in [0.05, 0.1) is 10.5 Å². The molecule has 0 radical (unpaired) electrons. The highest BCUT2D eigenvalue weighted by atomic mass is 16.6. The summed E-state index contributed by atoms with van der Waals surface area (Å²) in [4.78, 5) is 12.3. The highest BCUT2D eigenvalue weighted by Gasteiger charge is 2.30. The molecule has 1 aromatic rings. The van der Waals surface area contributed by atoms with E-state index in [4.69, 9.17) is 0 Å². The summed E-state index contributed by atoms with van der Waals surface area (Å²) < 4.78 is 0. The van der Waals surface area contributed by atoms with Crippen molar-refractivity contribution in [2.45, 2.75) is 25.5 Å². The number of aliphatic hydroxyl groups is 1. The zero-order valence-electron chi connectivity index (χ0n) is 9.80. The lowest BCUT2D eigenvalue weighted by atomic mass is 10.1. The summed E-state index contributed by atoms with van der Waals surface area (Å²) in [6.45, 7) is 4.09. The van der Waals surface area contributed by atoms with Crippen LogP contribution in [0.25, 0.3) is 0 Å². The Bertz CT molecular complexity index is 414. The molecule has 0 spiro atoms. The van der Waals surface area contributed by atoms with Crippen LogP contribution < -0.4 is 0 Å². The van der Waals surface area contributed by atoms with Gasteiger partial charge in [-0.05, 0) is 18.9 Å². The van der Waals surface area contributed by atoms with Gasteiger partial charge in [0.1, 0.15) is 0 Å². The highest BCUT2D eigenvalue weighted by Crippen LogP contribution is 2.22. The molecule has 0 bridgehead atoms. The summed E-state index contributed by atoms with van der Waals surface area (Å²) in [6, 6.07) is 6.57. The van der Waals surface area contributed by atoms with Crippen LogP contribution in [0.15, 0.2) is 24.3 Å². The molecule has 0 aliphatic carbocycles. The molecule has 1 aliphatic rings. The van der Waals surface area contributed by atoms with Gasteiger partial charge in [0.2, 0.25) is 0 Å². The summed E-state index contributed by atoms with van der Waals surface area (Å²) in [6.07, 6.45) is 0.778. The maximum Gasteiger partial charge on any atom is 0.269 e.